The van der Waals surface area contributed by atoms with Crippen LogP contribution in [-0.2, 0) is 0 Å². The molecular weight excluding hydrogens is 226 g/mol. The number of thiocarbonyl (C=S) groups is 1. The molecule has 0 aromatic heterocycles. The first-order valence-corrected chi connectivity index (χ1v) is 0.836. The van der Waals surface area contributed by atoms with E-state index in [4.69, 9.17) is 5.41 Å². The van der Waals surface area contributed by atoms with Crippen molar-refractivity contribution in [3.63, 3.8) is 0 Å². The van der Waals surface area contributed by atoms with E-state index in [1.807, 2.05) is 0 Å². The van der Waals surface area contributed by atoms with Crippen LogP contribution in [0.15, 0.2) is 0 Å². The zero-order chi connectivity index (χ0) is 2.71. The molecule has 0 saturated heterocycles. The molecule has 4 heteroatoms. The third-order valence-corrected chi connectivity index (χ3v) is 0. The summed E-state index contributed by atoms with van der Waals surface area (Å²) >= 11 is 3.70. The van der Waals surface area contributed by atoms with Crippen molar-refractivity contribution in [2.45, 2.75) is 0 Å². The van der Waals surface area contributed by atoms with Crippen LogP contribution in [0, 0.1) is 0 Å². The average molecular weight is 227 g/mol. The monoisotopic (exact) mass is 227 g/mol. The first-order valence-electron chi connectivity index (χ1n) is 0.428. The summed E-state index contributed by atoms with van der Waals surface area (Å²) in [4.78, 5) is 0. The minimum absolute atomic E-state index is 0. The topological polar surface area (TPSA) is 22.3 Å². The van der Waals surface area contributed by atoms with E-state index in [0.717, 1.165) is 0 Å². The summed E-state index contributed by atoms with van der Waals surface area (Å²) in [6, 6.07) is 0. The van der Waals surface area contributed by atoms with Gasteiger partial charge in [0.25, 0.3) is 0 Å². The van der Waals surface area contributed by atoms with Crippen molar-refractivity contribution in [2.75, 3.05) is 0 Å². The van der Waals surface area contributed by atoms with Gasteiger partial charge in [-0.3, -0.25) is 0 Å². The number of hydrogen-bond acceptors (Lipinski definition) is 1. The Hall–Kier alpha value is 2.14. The van der Waals surface area contributed by atoms with Crippen LogP contribution in [0.3, 0.4) is 0 Å². The van der Waals surface area contributed by atoms with Gasteiger partial charge in [0.05, 0.1) is 0 Å². The quantitative estimate of drug-likeness (QED) is 0.350. The summed E-state index contributed by atoms with van der Waals surface area (Å²) < 4.78 is 0. The summed E-state index contributed by atoms with van der Waals surface area (Å²) in [6.45, 7) is 0. The minimum atomic E-state index is 0. The van der Waals surface area contributed by atoms with Crippen LogP contribution in [0.25, 0.3) is 5.41 Å². The first kappa shape index (κ1) is 15.7. The third kappa shape index (κ3) is 23.0. The maximum absolute atomic E-state index is 7.13. The van der Waals surface area contributed by atoms with Crippen molar-refractivity contribution in [1.82, 2.24) is 0 Å². The van der Waals surface area contributed by atoms with E-state index >= 15 is 0 Å². The summed E-state index contributed by atoms with van der Waals surface area (Å²) in [6.07, 6.45) is 0. The molecule has 0 aromatic carbocycles. The van der Waals surface area contributed by atoms with E-state index in [1.165, 1.54) is 5.16 Å². The molecule has 5 heavy (non-hydrogen) atoms. The Kier molecular flexibility index (Phi) is 51.7. The van der Waals surface area contributed by atoms with E-state index < -0.39 is 0 Å². The molecule has 0 amide bonds. The SMILES string of the molecule is Cl.[Cs+].[N-]=C=S. The zero-order valence-corrected chi connectivity index (χ0v) is 10.7. The van der Waals surface area contributed by atoms with E-state index in [0.29, 0.717) is 0 Å². The van der Waals surface area contributed by atoms with Crippen LogP contribution in [-0.4, -0.2) is 5.16 Å². The van der Waals surface area contributed by atoms with E-state index in [-0.39, 0.29) is 81.3 Å². The molecule has 0 rings (SSSR count). The third-order valence-electron chi connectivity index (χ3n) is 0. The second-order valence-electron chi connectivity index (χ2n) is 0.0913. The zero-order valence-electron chi connectivity index (χ0n) is 2.76. The summed E-state index contributed by atoms with van der Waals surface area (Å²) in [5, 5.41) is 8.47. The van der Waals surface area contributed by atoms with Crippen molar-refractivity contribution < 1.29 is 68.9 Å². The standard InChI is InChI=1S/CNS.ClH.Cs/c2-1-3;;/h;1H;/q-1;;+1. The fraction of sp³-hybridized carbons (Fsp3) is 0. The van der Waals surface area contributed by atoms with Crippen molar-refractivity contribution >= 4 is 29.8 Å². The van der Waals surface area contributed by atoms with Gasteiger partial charge in [0.2, 0.25) is 0 Å². The average Bonchev–Trinajstić information content (AvgIpc) is 0.918. The van der Waals surface area contributed by atoms with Crippen molar-refractivity contribution in [2.24, 2.45) is 0 Å². The van der Waals surface area contributed by atoms with Gasteiger partial charge in [-0.05, 0) is 0 Å². The Morgan fingerprint density at radius 2 is 1.60 bits per heavy atom. The minimum Gasteiger partial charge on any atom is -0.753 e. The molecule has 0 aliphatic carbocycles. The molecule has 0 saturated carbocycles. The number of hydrogen-bond donors (Lipinski definition) is 0. The van der Waals surface area contributed by atoms with Crippen LogP contribution in [0.5, 0.6) is 0 Å². The van der Waals surface area contributed by atoms with Crippen LogP contribution >= 0.6 is 24.6 Å². The van der Waals surface area contributed by atoms with Crippen LogP contribution in [0.2, 0.25) is 0 Å². The summed E-state index contributed by atoms with van der Waals surface area (Å²) in [7, 11) is 0. The van der Waals surface area contributed by atoms with Gasteiger partial charge in [0.15, 0.2) is 0 Å². The summed E-state index contributed by atoms with van der Waals surface area (Å²) in [5.74, 6) is 0. The second kappa shape index (κ2) is 16.4. The van der Waals surface area contributed by atoms with Gasteiger partial charge < -0.3 is 5.41 Å². The Balaban J connectivity index is -0.0000000200. The van der Waals surface area contributed by atoms with Crippen molar-refractivity contribution in [3.8, 4) is 0 Å². The molecule has 24 valence electrons. The van der Waals surface area contributed by atoms with Crippen LogP contribution < -0.4 is 68.9 Å². The largest absolute Gasteiger partial charge is 1.00 e. The molecule has 0 atom stereocenters. The van der Waals surface area contributed by atoms with E-state index in [9.17, 15) is 0 Å². The molecule has 0 aromatic rings. The van der Waals surface area contributed by atoms with Gasteiger partial charge in [-0.2, -0.15) is 5.16 Å². The molecule has 0 aliphatic heterocycles. The number of isothiocyanates is 1. The molecule has 0 unspecified atom stereocenters. The first-order chi connectivity index (χ1) is 1.41. The molecule has 0 N–H and O–H groups in total. The molecule has 0 radical (unpaired) electrons. The number of halogens is 1. The number of rotatable bonds is 0. The van der Waals surface area contributed by atoms with Crippen LogP contribution in [0.4, 0.5) is 0 Å². The van der Waals surface area contributed by atoms with Gasteiger partial charge in [0.1, 0.15) is 0 Å². The number of nitrogens with zero attached hydrogens (tertiary/aromatic N) is 1. The Morgan fingerprint density at radius 3 is 1.60 bits per heavy atom. The smallest absolute Gasteiger partial charge is 0.753 e. The molecule has 0 bridgehead atoms. The Labute approximate surface area is 101 Å². The van der Waals surface area contributed by atoms with Gasteiger partial charge >= 0.3 is 68.9 Å². The fourth-order valence-corrected chi connectivity index (χ4v) is 0. The summed E-state index contributed by atoms with van der Waals surface area (Å²) in [5.41, 5.74) is 0. The van der Waals surface area contributed by atoms with E-state index in [1.54, 1.807) is 0 Å². The molecular formula is CHClCsNS. The normalized spacial score (nSPS) is 1.60. The molecule has 0 spiro atoms. The van der Waals surface area contributed by atoms with Gasteiger partial charge in [0, 0.05) is 0 Å². The van der Waals surface area contributed by atoms with Crippen molar-refractivity contribution in [3.05, 3.63) is 5.41 Å². The van der Waals surface area contributed by atoms with Gasteiger partial charge in [-0.1, -0.05) is 12.2 Å². The Bertz CT molecular complexity index is 32.6. The molecule has 0 fully saturated rings. The second-order valence-corrected chi connectivity index (χ2v) is 0.274. The molecule has 0 aliphatic rings. The molecule has 0 heterocycles. The maximum atomic E-state index is 7.13. The maximum Gasteiger partial charge on any atom is 1.00 e. The fourth-order valence-electron chi connectivity index (χ4n) is 0. The van der Waals surface area contributed by atoms with E-state index in [2.05, 4.69) is 12.2 Å². The Morgan fingerprint density at radius 1 is 1.60 bits per heavy atom. The van der Waals surface area contributed by atoms with Crippen LogP contribution in [0.1, 0.15) is 0 Å². The van der Waals surface area contributed by atoms with Crippen molar-refractivity contribution in [1.29, 1.82) is 0 Å². The molecule has 1 nitrogen and oxygen atoms in total. The predicted octanol–water partition coefficient (Wildman–Crippen LogP) is -1.92. The van der Waals surface area contributed by atoms with Gasteiger partial charge in [-0.15, -0.1) is 12.4 Å². The van der Waals surface area contributed by atoms with Gasteiger partial charge in [-0.25, -0.2) is 0 Å². The predicted molar refractivity (Wildman–Crippen MR) is 23.2 cm³/mol.